The van der Waals surface area contributed by atoms with Crippen molar-refractivity contribution >= 4 is 55.8 Å². The molecule has 3 rings (SSSR count). The van der Waals surface area contributed by atoms with Gasteiger partial charge in [-0.25, -0.2) is 8.42 Å². The summed E-state index contributed by atoms with van der Waals surface area (Å²) in [6.07, 6.45) is 1.66. The molecule has 0 aliphatic carbocycles. The fourth-order valence-corrected chi connectivity index (χ4v) is 6.36. The molecule has 2 heterocycles. The van der Waals surface area contributed by atoms with Crippen molar-refractivity contribution in [2.75, 3.05) is 24.2 Å². The van der Waals surface area contributed by atoms with Crippen LogP contribution in [0, 0.1) is 11.8 Å². The minimum absolute atomic E-state index is 0.0667. The Labute approximate surface area is 190 Å². The van der Waals surface area contributed by atoms with Gasteiger partial charge in [0.25, 0.3) is 5.91 Å². The van der Waals surface area contributed by atoms with Crippen LogP contribution in [0.15, 0.2) is 27.4 Å². The summed E-state index contributed by atoms with van der Waals surface area (Å²) in [7, 11) is -3.68. The lowest BCUT2D eigenvalue weighted by atomic mass is 10.0. The van der Waals surface area contributed by atoms with Gasteiger partial charge in [-0.15, -0.1) is 10.2 Å². The summed E-state index contributed by atoms with van der Waals surface area (Å²) in [6.45, 7) is 7.31. The van der Waals surface area contributed by atoms with Gasteiger partial charge in [-0.2, -0.15) is 4.31 Å². The van der Waals surface area contributed by atoms with Crippen molar-refractivity contribution in [2.45, 2.75) is 42.8 Å². The topological polar surface area (TPSA) is 92.3 Å². The second kappa shape index (κ2) is 9.95. The standard InChI is InChI=1S/C19H25ClN4O3S3/c1-12(2)11-28-19-23-22-18(29-19)21-17(25)15-10-14(4-5-16(15)20)30(26,27)24-8-6-13(3)7-9-24/h4-5,10,12-13H,6-9,11H2,1-3H3,(H,21,22,25). The first-order chi connectivity index (χ1) is 14.2. The molecule has 7 nitrogen and oxygen atoms in total. The number of nitrogens with one attached hydrogen (secondary N) is 1. The lowest BCUT2D eigenvalue weighted by molar-refractivity contribution is 0.102. The summed E-state index contributed by atoms with van der Waals surface area (Å²) in [6, 6.07) is 4.22. The molecule has 0 atom stereocenters. The van der Waals surface area contributed by atoms with Gasteiger partial charge in [-0.3, -0.25) is 10.1 Å². The number of carbonyl (C=O) groups is 1. The Morgan fingerprint density at radius 1 is 1.33 bits per heavy atom. The van der Waals surface area contributed by atoms with Gasteiger partial charge in [0.05, 0.1) is 15.5 Å². The zero-order valence-electron chi connectivity index (χ0n) is 17.1. The van der Waals surface area contributed by atoms with Crippen LogP contribution in [0.1, 0.15) is 44.0 Å². The van der Waals surface area contributed by atoms with Gasteiger partial charge in [-0.1, -0.05) is 55.5 Å². The number of hydrogen-bond acceptors (Lipinski definition) is 7. The molecule has 30 heavy (non-hydrogen) atoms. The quantitative estimate of drug-likeness (QED) is 0.451. The molecule has 1 aliphatic rings. The van der Waals surface area contributed by atoms with E-state index in [2.05, 4.69) is 36.3 Å². The fourth-order valence-electron chi connectivity index (χ4n) is 2.93. The van der Waals surface area contributed by atoms with Crippen LogP contribution in [-0.4, -0.2) is 47.7 Å². The maximum absolute atomic E-state index is 13.0. The molecule has 0 radical (unpaired) electrons. The van der Waals surface area contributed by atoms with E-state index in [-0.39, 0.29) is 15.5 Å². The van der Waals surface area contributed by atoms with Crippen molar-refractivity contribution in [3.63, 3.8) is 0 Å². The van der Waals surface area contributed by atoms with Gasteiger partial charge in [0.2, 0.25) is 15.2 Å². The minimum atomic E-state index is -3.68. The number of carbonyl (C=O) groups excluding carboxylic acids is 1. The molecule has 11 heteroatoms. The minimum Gasteiger partial charge on any atom is -0.296 e. The molecule has 1 aliphatic heterocycles. The smallest absolute Gasteiger partial charge is 0.259 e. The molecule has 0 spiro atoms. The molecule has 1 amide bonds. The lowest BCUT2D eigenvalue weighted by Crippen LogP contribution is -2.37. The second-order valence-corrected chi connectivity index (χ2v) is 12.4. The van der Waals surface area contributed by atoms with E-state index < -0.39 is 15.9 Å². The maximum atomic E-state index is 13.0. The highest BCUT2D eigenvalue weighted by Gasteiger charge is 2.29. The third-order valence-corrected chi connectivity index (χ3v) is 9.35. The van der Waals surface area contributed by atoms with Crippen molar-refractivity contribution < 1.29 is 13.2 Å². The molecular formula is C19H25ClN4O3S3. The van der Waals surface area contributed by atoms with Crippen LogP contribution in [0.5, 0.6) is 0 Å². The van der Waals surface area contributed by atoms with Gasteiger partial charge in [0, 0.05) is 18.8 Å². The largest absolute Gasteiger partial charge is 0.296 e. The van der Waals surface area contributed by atoms with E-state index in [0.717, 1.165) is 22.9 Å². The molecule has 2 aromatic rings. The predicted molar refractivity (Wildman–Crippen MR) is 122 cm³/mol. The third-order valence-electron chi connectivity index (χ3n) is 4.73. The van der Waals surface area contributed by atoms with E-state index in [4.69, 9.17) is 11.6 Å². The van der Waals surface area contributed by atoms with Crippen molar-refractivity contribution in [1.29, 1.82) is 0 Å². The highest BCUT2D eigenvalue weighted by Crippen LogP contribution is 2.29. The van der Waals surface area contributed by atoms with Crippen LogP contribution in [0.3, 0.4) is 0 Å². The van der Waals surface area contributed by atoms with Crippen molar-refractivity contribution in [3.05, 3.63) is 28.8 Å². The Morgan fingerprint density at radius 2 is 2.03 bits per heavy atom. The third kappa shape index (κ3) is 5.73. The molecule has 0 unspecified atom stereocenters. The summed E-state index contributed by atoms with van der Waals surface area (Å²) in [5.41, 5.74) is 0.0923. The molecule has 1 fully saturated rings. The Bertz CT molecular complexity index is 1000. The molecule has 1 aromatic heterocycles. The highest BCUT2D eigenvalue weighted by atomic mass is 35.5. The first-order valence-electron chi connectivity index (χ1n) is 9.74. The number of halogens is 1. The number of piperidine rings is 1. The number of sulfonamides is 1. The zero-order chi connectivity index (χ0) is 21.9. The molecule has 1 aromatic carbocycles. The number of rotatable bonds is 7. The SMILES string of the molecule is CC(C)CSc1nnc(NC(=O)c2cc(S(=O)(=O)N3CCC(C)CC3)ccc2Cl)s1. The van der Waals surface area contributed by atoms with Crippen molar-refractivity contribution in [3.8, 4) is 0 Å². The van der Waals surface area contributed by atoms with E-state index in [1.807, 2.05) is 0 Å². The molecule has 1 saturated heterocycles. The number of aromatic nitrogens is 2. The average molecular weight is 489 g/mol. The van der Waals surface area contributed by atoms with E-state index >= 15 is 0 Å². The van der Waals surface area contributed by atoms with Crippen molar-refractivity contribution in [1.82, 2.24) is 14.5 Å². The van der Waals surface area contributed by atoms with Crippen LogP contribution in [0.4, 0.5) is 5.13 Å². The average Bonchev–Trinajstić information content (AvgIpc) is 3.14. The fraction of sp³-hybridized carbons (Fsp3) is 0.526. The van der Waals surface area contributed by atoms with Gasteiger partial charge >= 0.3 is 0 Å². The Morgan fingerprint density at radius 3 is 2.70 bits per heavy atom. The Hall–Kier alpha value is -1.20. The number of nitrogens with zero attached hydrogens (tertiary/aromatic N) is 3. The Kier molecular flexibility index (Phi) is 7.78. The van der Waals surface area contributed by atoms with Crippen LogP contribution < -0.4 is 5.32 Å². The second-order valence-electron chi connectivity index (χ2n) is 7.76. The van der Waals surface area contributed by atoms with E-state index in [9.17, 15) is 13.2 Å². The van der Waals surface area contributed by atoms with Crippen LogP contribution in [0.2, 0.25) is 5.02 Å². The van der Waals surface area contributed by atoms with Gasteiger partial charge in [0.1, 0.15) is 0 Å². The molecule has 1 N–H and O–H groups in total. The first-order valence-corrected chi connectivity index (χ1v) is 13.4. The normalized spacial score (nSPS) is 16.2. The predicted octanol–water partition coefficient (Wildman–Crippen LogP) is 4.61. The van der Waals surface area contributed by atoms with Crippen LogP contribution >= 0.6 is 34.7 Å². The molecular weight excluding hydrogens is 464 g/mol. The van der Waals surface area contributed by atoms with Crippen LogP contribution in [-0.2, 0) is 10.0 Å². The lowest BCUT2D eigenvalue weighted by Gasteiger charge is -2.29. The van der Waals surface area contributed by atoms with E-state index in [0.29, 0.717) is 30.1 Å². The summed E-state index contributed by atoms with van der Waals surface area (Å²) >= 11 is 9.05. The maximum Gasteiger partial charge on any atom is 0.259 e. The molecule has 0 saturated carbocycles. The van der Waals surface area contributed by atoms with E-state index in [1.165, 1.54) is 33.8 Å². The van der Waals surface area contributed by atoms with Gasteiger partial charge < -0.3 is 0 Å². The molecule has 0 bridgehead atoms. The first kappa shape index (κ1) is 23.5. The van der Waals surface area contributed by atoms with Crippen LogP contribution in [0.25, 0.3) is 0 Å². The summed E-state index contributed by atoms with van der Waals surface area (Å²) in [5.74, 6) is 1.42. The summed E-state index contributed by atoms with van der Waals surface area (Å²) in [5, 5.41) is 11.2. The Balaban J connectivity index is 1.75. The highest BCUT2D eigenvalue weighted by molar-refractivity contribution is 8.01. The summed E-state index contributed by atoms with van der Waals surface area (Å²) in [4.78, 5) is 12.8. The monoisotopic (exact) mass is 488 g/mol. The number of benzene rings is 1. The zero-order valence-corrected chi connectivity index (χ0v) is 20.3. The number of thioether (sulfide) groups is 1. The molecule has 164 valence electrons. The van der Waals surface area contributed by atoms with Gasteiger partial charge in [0.15, 0.2) is 4.34 Å². The summed E-state index contributed by atoms with van der Waals surface area (Å²) < 4.78 is 28.2. The number of hydrogen-bond donors (Lipinski definition) is 1. The number of anilines is 1. The van der Waals surface area contributed by atoms with Gasteiger partial charge in [-0.05, 0) is 42.9 Å². The number of amides is 1. The van der Waals surface area contributed by atoms with Crippen molar-refractivity contribution in [2.24, 2.45) is 11.8 Å². The van der Waals surface area contributed by atoms with E-state index in [1.54, 1.807) is 11.8 Å².